The fraction of sp³-hybridized carbons (Fsp3) is 0.500. The number of aromatic nitrogens is 1. The minimum absolute atomic E-state index is 0.347. The van der Waals surface area contributed by atoms with Crippen molar-refractivity contribution in [3.05, 3.63) is 24.4 Å². The van der Waals surface area contributed by atoms with E-state index in [1.54, 1.807) is 6.20 Å². The maximum Gasteiger partial charge on any atom is 0.213 e. The van der Waals surface area contributed by atoms with Crippen molar-refractivity contribution >= 4 is 15.9 Å². The second kappa shape index (κ2) is 4.09. The van der Waals surface area contributed by atoms with Crippen molar-refractivity contribution in [2.75, 3.05) is 0 Å². The minimum Gasteiger partial charge on any atom is -0.474 e. The molecule has 1 aromatic heterocycles. The van der Waals surface area contributed by atoms with Crippen LogP contribution in [-0.2, 0) is 0 Å². The van der Waals surface area contributed by atoms with E-state index in [0.29, 0.717) is 10.9 Å². The number of nitrogens with zero attached hydrogens (tertiary/aromatic N) is 1. The van der Waals surface area contributed by atoms with Gasteiger partial charge in [-0.05, 0) is 25.3 Å². The molecule has 0 radical (unpaired) electrons. The van der Waals surface area contributed by atoms with Crippen molar-refractivity contribution in [1.29, 1.82) is 0 Å². The van der Waals surface area contributed by atoms with Gasteiger partial charge in [0.2, 0.25) is 5.88 Å². The Morgan fingerprint density at radius 1 is 1.38 bits per heavy atom. The molecule has 1 heterocycles. The molecular weight excluding hydrogens is 230 g/mol. The number of hydrogen-bond donors (Lipinski definition) is 0. The highest BCUT2D eigenvalue weighted by atomic mass is 79.9. The summed E-state index contributed by atoms with van der Waals surface area (Å²) >= 11 is 3.59. The van der Waals surface area contributed by atoms with E-state index in [0.717, 1.165) is 18.7 Å². The van der Waals surface area contributed by atoms with E-state index in [-0.39, 0.29) is 0 Å². The summed E-state index contributed by atoms with van der Waals surface area (Å²) < 4.78 is 5.70. The van der Waals surface area contributed by atoms with Gasteiger partial charge in [-0.3, -0.25) is 0 Å². The van der Waals surface area contributed by atoms with Crippen LogP contribution in [0.5, 0.6) is 5.88 Å². The predicted octanol–water partition coefficient (Wildman–Crippen LogP) is 2.78. The lowest BCUT2D eigenvalue weighted by Gasteiger charge is -2.11. The van der Waals surface area contributed by atoms with Crippen LogP contribution < -0.4 is 4.74 Å². The molecule has 2 unspecified atom stereocenters. The maximum atomic E-state index is 5.70. The molecule has 1 aliphatic carbocycles. The summed E-state index contributed by atoms with van der Waals surface area (Å²) in [4.78, 5) is 4.76. The van der Waals surface area contributed by atoms with Crippen molar-refractivity contribution in [2.45, 2.75) is 30.2 Å². The van der Waals surface area contributed by atoms with E-state index in [9.17, 15) is 0 Å². The first-order valence-electron chi connectivity index (χ1n) is 4.56. The van der Waals surface area contributed by atoms with Crippen molar-refractivity contribution in [3.8, 4) is 5.88 Å². The molecule has 0 N–H and O–H groups in total. The molecule has 2 rings (SSSR count). The Morgan fingerprint density at radius 2 is 2.31 bits per heavy atom. The Kier molecular flexibility index (Phi) is 2.83. The summed E-state index contributed by atoms with van der Waals surface area (Å²) in [6, 6.07) is 5.75. The largest absolute Gasteiger partial charge is 0.474 e. The van der Waals surface area contributed by atoms with E-state index in [1.165, 1.54) is 6.42 Å². The lowest BCUT2D eigenvalue weighted by Crippen LogP contribution is -2.12. The topological polar surface area (TPSA) is 22.1 Å². The molecule has 0 saturated heterocycles. The van der Waals surface area contributed by atoms with Crippen LogP contribution in [0.3, 0.4) is 0 Å². The maximum absolute atomic E-state index is 5.70. The second-order valence-corrected chi connectivity index (χ2v) is 4.61. The van der Waals surface area contributed by atoms with Gasteiger partial charge in [0.1, 0.15) is 6.10 Å². The first-order valence-corrected chi connectivity index (χ1v) is 5.48. The molecule has 70 valence electrons. The normalized spacial score (nSPS) is 27.5. The lowest BCUT2D eigenvalue weighted by molar-refractivity contribution is 0.202. The molecule has 1 aliphatic rings. The molecule has 2 atom stereocenters. The summed E-state index contributed by atoms with van der Waals surface area (Å²) in [6.07, 6.45) is 5.54. The summed E-state index contributed by atoms with van der Waals surface area (Å²) in [7, 11) is 0. The highest BCUT2D eigenvalue weighted by Gasteiger charge is 2.23. The van der Waals surface area contributed by atoms with Gasteiger partial charge in [-0.15, -0.1) is 0 Å². The molecule has 0 bridgehead atoms. The van der Waals surface area contributed by atoms with Crippen molar-refractivity contribution in [2.24, 2.45) is 0 Å². The van der Waals surface area contributed by atoms with Crippen LogP contribution >= 0.6 is 15.9 Å². The molecule has 0 aliphatic heterocycles. The fourth-order valence-electron chi connectivity index (χ4n) is 1.58. The van der Waals surface area contributed by atoms with E-state index in [2.05, 4.69) is 20.9 Å². The molecule has 1 saturated carbocycles. The third-order valence-electron chi connectivity index (χ3n) is 2.25. The minimum atomic E-state index is 0.347. The van der Waals surface area contributed by atoms with Gasteiger partial charge in [0.05, 0.1) is 0 Å². The SMILES string of the molecule is BrC1CCC(Oc2ccccn2)C1. The van der Waals surface area contributed by atoms with Gasteiger partial charge in [-0.1, -0.05) is 22.0 Å². The van der Waals surface area contributed by atoms with Crippen molar-refractivity contribution < 1.29 is 4.74 Å². The Labute approximate surface area is 86.5 Å². The molecule has 3 heteroatoms. The Hall–Kier alpha value is -0.570. The van der Waals surface area contributed by atoms with E-state index >= 15 is 0 Å². The number of halogens is 1. The van der Waals surface area contributed by atoms with Crippen LogP contribution in [0.15, 0.2) is 24.4 Å². The van der Waals surface area contributed by atoms with Crippen LogP contribution in [0.2, 0.25) is 0 Å². The number of alkyl halides is 1. The molecular formula is C10H12BrNO. The molecule has 0 amide bonds. The van der Waals surface area contributed by atoms with Gasteiger partial charge >= 0.3 is 0 Å². The average molecular weight is 242 g/mol. The van der Waals surface area contributed by atoms with Gasteiger partial charge in [0.25, 0.3) is 0 Å². The molecule has 2 nitrogen and oxygen atoms in total. The molecule has 0 aromatic carbocycles. The highest BCUT2D eigenvalue weighted by Crippen LogP contribution is 2.28. The van der Waals surface area contributed by atoms with Gasteiger partial charge in [0.15, 0.2) is 0 Å². The summed E-state index contributed by atoms with van der Waals surface area (Å²) in [5.41, 5.74) is 0. The predicted molar refractivity (Wildman–Crippen MR) is 55.2 cm³/mol. The van der Waals surface area contributed by atoms with Gasteiger partial charge in [-0.2, -0.15) is 0 Å². The van der Waals surface area contributed by atoms with Crippen LogP contribution in [0.4, 0.5) is 0 Å². The van der Waals surface area contributed by atoms with Gasteiger partial charge < -0.3 is 4.74 Å². The quantitative estimate of drug-likeness (QED) is 0.744. The average Bonchev–Trinajstić information content (AvgIpc) is 2.53. The van der Waals surface area contributed by atoms with E-state index < -0.39 is 0 Å². The number of ether oxygens (including phenoxy) is 1. The molecule has 1 aromatic rings. The second-order valence-electron chi connectivity index (χ2n) is 3.32. The zero-order valence-electron chi connectivity index (χ0n) is 7.32. The zero-order chi connectivity index (χ0) is 9.10. The van der Waals surface area contributed by atoms with Gasteiger partial charge in [0, 0.05) is 17.1 Å². The summed E-state index contributed by atoms with van der Waals surface area (Å²) in [6.45, 7) is 0. The standard InChI is InChI=1S/C10H12BrNO/c11-8-4-5-9(7-8)13-10-3-1-2-6-12-10/h1-3,6,8-9H,4-5,7H2. The first-order chi connectivity index (χ1) is 6.34. The van der Waals surface area contributed by atoms with E-state index in [4.69, 9.17) is 4.74 Å². The monoisotopic (exact) mass is 241 g/mol. The summed E-state index contributed by atoms with van der Waals surface area (Å²) in [5.74, 6) is 0.745. The fourth-order valence-corrected chi connectivity index (χ4v) is 2.26. The van der Waals surface area contributed by atoms with Crippen LogP contribution in [0.1, 0.15) is 19.3 Å². The third-order valence-corrected chi connectivity index (χ3v) is 3.08. The van der Waals surface area contributed by atoms with Crippen molar-refractivity contribution in [3.63, 3.8) is 0 Å². The zero-order valence-corrected chi connectivity index (χ0v) is 8.90. The molecule has 0 spiro atoms. The Bertz CT molecular complexity index is 265. The highest BCUT2D eigenvalue weighted by molar-refractivity contribution is 9.09. The Balaban J connectivity index is 1.92. The third kappa shape index (κ3) is 2.44. The number of rotatable bonds is 2. The van der Waals surface area contributed by atoms with Gasteiger partial charge in [-0.25, -0.2) is 4.98 Å². The first kappa shape index (κ1) is 9.00. The Morgan fingerprint density at radius 3 is 2.92 bits per heavy atom. The molecule has 13 heavy (non-hydrogen) atoms. The lowest BCUT2D eigenvalue weighted by atomic mass is 10.3. The molecule has 1 fully saturated rings. The van der Waals surface area contributed by atoms with Crippen LogP contribution in [-0.4, -0.2) is 15.9 Å². The van der Waals surface area contributed by atoms with Crippen LogP contribution in [0, 0.1) is 0 Å². The van der Waals surface area contributed by atoms with E-state index in [1.807, 2.05) is 18.2 Å². The number of pyridine rings is 1. The number of hydrogen-bond acceptors (Lipinski definition) is 2. The smallest absolute Gasteiger partial charge is 0.213 e. The summed E-state index contributed by atoms with van der Waals surface area (Å²) in [5, 5.41) is 0. The van der Waals surface area contributed by atoms with Crippen LogP contribution in [0.25, 0.3) is 0 Å². The van der Waals surface area contributed by atoms with Crippen molar-refractivity contribution in [1.82, 2.24) is 4.98 Å².